The van der Waals surface area contributed by atoms with Gasteiger partial charge in [-0.25, -0.2) is 4.98 Å². The highest BCUT2D eigenvalue weighted by Gasteiger charge is 2.38. The molecule has 0 bridgehead atoms. The van der Waals surface area contributed by atoms with Crippen molar-refractivity contribution in [1.29, 1.82) is 0 Å². The van der Waals surface area contributed by atoms with Gasteiger partial charge in [0.25, 0.3) is 5.91 Å². The molecule has 122 valence electrons. The van der Waals surface area contributed by atoms with Gasteiger partial charge in [0.1, 0.15) is 5.69 Å². The summed E-state index contributed by atoms with van der Waals surface area (Å²) in [5.41, 5.74) is 0.167. The van der Waals surface area contributed by atoms with Gasteiger partial charge >= 0.3 is 0 Å². The van der Waals surface area contributed by atoms with E-state index in [2.05, 4.69) is 31.8 Å². The SMILES string of the molecule is C#CCCC1(CCNC(=O)c2csc(CC3CCNC3)n2)N=N1. The zero-order chi connectivity index (χ0) is 16.1. The van der Waals surface area contributed by atoms with E-state index in [0.717, 1.165) is 30.9 Å². The van der Waals surface area contributed by atoms with Crippen LogP contribution in [-0.2, 0) is 6.42 Å². The van der Waals surface area contributed by atoms with Crippen LogP contribution < -0.4 is 10.6 Å². The molecule has 0 spiro atoms. The number of amides is 1. The van der Waals surface area contributed by atoms with E-state index in [-0.39, 0.29) is 11.6 Å². The van der Waals surface area contributed by atoms with Crippen LogP contribution in [0.3, 0.4) is 0 Å². The Morgan fingerprint density at radius 2 is 2.39 bits per heavy atom. The van der Waals surface area contributed by atoms with Gasteiger partial charge < -0.3 is 10.6 Å². The number of thiazole rings is 1. The number of hydrogen-bond acceptors (Lipinski definition) is 6. The van der Waals surface area contributed by atoms with Gasteiger partial charge in [0.2, 0.25) is 0 Å². The van der Waals surface area contributed by atoms with E-state index in [1.54, 1.807) is 11.3 Å². The lowest BCUT2D eigenvalue weighted by atomic mass is 10.0. The van der Waals surface area contributed by atoms with Gasteiger partial charge in [0, 0.05) is 37.6 Å². The Morgan fingerprint density at radius 3 is 3.09 bits per heavy atom. The first-order chi connectivity index (χ1) is 11.2. The molecule has 2 N–H and O–H groups in total. The monoisotopic (exact) mass is 331 g/mol. The van der Waals surface area contributed by atoms with Crippen LogP contribution >= 0.6 is 11.3 Å². The molecule has 0 saturated carbocycles. The summed E-state index contributed by atoms with van der Waals surface area (Å²) in [6, 6.07) is 0. The molecule has 1 aromatic rings. The van der Waals surface area contributed by atoms with Gasteiger partial charge in [-0.15, -0.1) is 23.7 Å². The first-order valence-corrected chi connectivity index (χ1v) is 8.89. The largest absolute Gasteiger partial charge is 0.351 e. The van der Waals surface area contributed by atoms with Gasteiger partial charge in [-0.1, -0.05) is 0 Å². The maximum absolute atomic E-state index is 12.1. The molecule has 23 heavy (non-hydrogen) atoms. The molecule has 1 amide bonds. The Morgan fingerprint density at radius 1 is 1.52 bits per heavy atom. The third kappa shape index (κ3) is 4.36. The van der Waals surface area contributed by atoms with Crippen LogP contribution in [0.15, 0.2) is 15.6 Å². The van der Waals surface area contributed by atoms with Crippen molar-refractivity contribution in [2.24, 2.45) is 16.1 Å². The van der Waals surface area contributed by atoms with Crippen LogP contribution in [0.1, 0.15) is 41.2 Å². The molecule has 1 saturated heterocycles. The molecule has 3 rings (SSSR count). The number of rotatable bonds is 8. The molecule has 3 heterocycles. The van der Waals surface area contributed by atoms with Crippen molar-refractivity contribution in [3.8, 4) is 12.3 Å². The van der Waals surface area contributed by atoms with E-state index in [1.807, 2.05) is 5.38 Å². The van der Waals surface area contributed by atoms with Crippen molar-refractivity contribution >= 4 is 17.2 Å². The molecule has 1 aromatic heterocycles. The molecule has 2 aliphatic rings. The summed E-state index contributed by atoms with van der Waals surface area (Å²) >= 11 is 1.57. The minimum Gasteiger partial charge on any atom is -0.351 e. The Labute approximate surface area is 140 Å². The molecular weight excluding hydrogens is 310 g/mol. The number of nitrogens with zero attached hydrogens (tertiary/aromatic N) is 3. The molecule has 6 nitrogen and oxygen atoms in total. The topological polar surface area (TPSA) is 78.7 Å². The second kappa shape index (κ2) is 7.20. The minimum atomic E-state index is -0.345. The average molecular weight is 331 g/mol. The van der Waals surface area contributed by atoms with Gasteiger partial charge in [-0.2, -0.15) is 10.2 Å². The number of nitrogens with one attached hydrogen (secondary N) is 2. The zero-order valence-electron chi connectivity index (χ0n) is 13.0. The predicted octanol–water partition coefficient (Wildman–Crippen LogP) is 1.99. The van der Waals surface area contributed by atoms with Gasteiger partial charge in [-0.3, -0.25) is 4.79 Å². The molecule has 1 atom stereocenters. The van der Waals surface area contributed by atoms with Crippen LogP contribution in [0, 0.1) is 18.3 Å². The quantitative estimate of drug-likeness (QED) is 0.715. The number of carbonyl (C=O) groups is 1. The van der Waals surface area contributed by atoms with Crippen LogP contribution in [0.5, 0.6) is 0 Å². The van der Waals surface area contributed by atoms with Crippen molar-refractivity contribution in [3.05, 3.63) is 16.1 Å². The fourth-order valence-corrected chi connectivity index (χ4v) is 3.67. The average Bonchev–Trinajstić information content (AvgIpc) is 2.94. The van der Waals surface area contributed by atoms with E-state index < -0.39 is 0 Å². The summed E-state index contributed by atoms with van der Waals surface area (Å²) in [6.07, 6.45) is 9.53. The normalized spacial score (nSPS) is 21.1. The fourth-order valence-electron chi connectivity index (χ4n) is 2.78. The van der Waals surface area contributed by atoms with Crippen LogP contribution in [-0.4, -0.2) is 36.2 Å². The number of aromatic nitrogens is 1. The van der Waals surface area contributed by atoms with Crippen molar-refractivity contribution in [2.45, 2.75) is 37.8 Å². The summed E-state index contributed by atoms with van der Waals surface area (Å²) in [6.45, 7) is 2.67. The fraction of sp³-hybridized carbons (Fsp3) is 0.625. The minimum absolute atomic E-state index is 0.121. The Bertz CT molecular complexity index is 621. The van der Waals surface area contributed by atoms with Crippen molar-refractivity contribution in [2.75, 3.05) is 19.6 Å². The number of carbonyl (C=O) groups excluding carboxylic acids is 1. The van der Waals surface area contributed by atoms with Gasteiger partial charge in [0.15, 0.2) is 5.66 Å². The van der Waals surface area contributed by atoms with Crippen molar-refractivity contribution in [1.82, 2.24) is 15.6 Å². The molecule has 7 heteroatoms. The lowest BCUT2D eigenvalue weighted by Crippen LogP contribution is -2.28. The molecule has 1 fully saturated rings. The van der Waals surface area contributed by atoms with Crippen LogP contribution in [0.4, 0.5) is 0 Å². The Kier molecular flexibility index (Phi) is 5.03. The van der Waals surface area contributed by atoms with Crippen molar-refractivity contribution < 1.29 is 4.79 Å². The van der Waals surface area contributed by atoms with Crippen molar-refractivity contribution in [3.63, 3.8) is 0 Å². The number of hydrogen-bond donors (Lipinski definition) is 2. The summed E-state index contributed by atoms with van der Waals surface area (Å²) in [7, 11) is 0. The van der Waals surface area contributed by atoms with E-state index >= 15 is 0 Å². The van der Waals surface area contributed by atoms with E-state index in [1.165, 1.54) is 6.42 Å². The maximum Gasteiger partial charge on any atom is 0.270 e. The summed E-state index contributed by atoms with van der Waals surface area (Å²) in [4.78, 5) is 16.6. The lowest BCUT2D eigenvalue weighted by Gasteiger charge is -2.09. The van der Waals surface area contributed by atoms with Gasteiger partial charge in [-0.05, 0) is 25.4 Å². The number of terminal acetylenes is 1. The standard InChI is InChI=1S/C16H21N5OS/c1-2-3-5-16(20-21-16)6-8-18-15(22)13-11-23-14(19-13)9-12-4-7-17-10-12/h1,11-12,17H,3-10H2,(H,18,22). The Balaban J connectivity index is 1.42. The molecule has 0 radical (unpaired) electrons. The summed E-state index contributed by atoms with van der Waals surface area (Å²) in [5.74, 6) is 3.12. The van der Waals surface area contributed by atoms with Crippen LogP contribution in [0.2, 0.25) is 0 Å². The van der Waals surface area contributed by atoms with E-state index in [9.17, 15) is 4.79 Å². The van der Waals surface area contributed by atoms with Crippen LogP contribution in [0.25, 0.3) is 0 Å². The summed E-state index contributed by atoms with van der Waals surface area (Å²) < 4.78 is 0. The third-order valence-corrected chi connectivity index (χ3v) is 5.14. The molecule has 0 aromatic carbocycles. The highest BCUT2D eigenvalue weighted by atomic mass is 32.1. The molecule has 2 aliphatic heterocycles. The Hall–Kier alpha value is -1.78. The van der Waals surface area contributed by atoms with E-state index in [4.69, 9.17) is 6.42 Å². The molecule has 0 aliphatic carbocycles. The smallest absolute Gasteiger partial charge is 0.270 e. The van der Waals surface area contributed by atoms with E-state index in [0.29, 0.717) is 31.0 Å². The molecule has 1 unspecified atom stereocenters. The summed E-state index contributed by atoms with van der Waals surface area (Å²) in [5, 5.41) is 17.3. The highest BCUT2D eigenvalue weighted by Crippen LogP contribution is 2.36. The molecular formula is C16H21N5OS. The highest BCUT2D eigenvalue weighted by molar-refractivity contribution is 7.09. The second-order valence-electron chi connectivity index (χ2n) is 6.08. The maximum atomic E-state index is 12.1. The first kappa shape index (κ1) is 16.1. The third-order valence-electron chi connectivity index (χ3n) is 4.27. The first-order valence-electron chi connectivity index (χ1n) is 8.02. The second-order valence-corrected chi connectivity index (χ2v) is 7.02. The zero-order valence-corrected chi connectivity index (χ0v) is 13.9. The van der Waals surface area contributed by atoms with Gasteiger partial charge in [0.05, 0.1) is 5.01 Å². The lowest BCUT2D eigenvalue weighted by molar-refractivity contribution is 0.0947. The predicted molar refractivity (Wildman–Crippen MR) is 89.4 cm³/mol.